The van der Waals surface area contributed by atoms with Crippen molar-refractivity contribution in [2.24, 2.45) is 0 Å². The quantitative estimate of drug-likeness (QED) is 0.889. The number of aromatic hydroxyl groups is 1. The maximum atomic E-state index is 10.3. The third kappa shape index (κ3) is 2.22. The summed E-state index contributed by atoms with van der Waals surface area (Å²) in [5.74, 6) is 0.939. The third-order valence-electron chi connectivity index (χ3n) is 3.48. The molecule has 1 saturated heterocycles. The van der Waals surface area contributed by atoms with Gasteiger partial charge in [0.1, 0.15) is 17.9 Å². The van der Waals surface area contributed by atoms with Crippen molar-refractivity contribution in [3.8, 4) is 5.75 Å². The van der Waals surface area contributed by atoms with Crippen LogP contribution in [0.4, 0.5) is 11.5 Å². The number of hydrogen-bond donors (Lipinski definition) is 1. The predicted molar refractivity (Wildman–Crippen MR) is 78.6 cm³/mol. The van der Waals surface area contributed by atoms with E-state index in [1.807, 2.05) is 25.1 Å². The van der Waals surface area contributed by atoms with Crippen molar-refractivity contribution >= 4 is 22.4 Å². The molecule has 20 heavy (non-hydrogen) atoms. The van der Waals surface area contributed by atoms with Crippen LogP contribution in [-0.2, 0) is 4.74 Å². The van der Waals surface area contributed by atoms with Gasteiger partial charge in [0, 0.05) is 38.9 Å². The van der Waals surface area contributed by atoms with E-state index in [0.717, 1.165) is 30.1 Å². The van der Waals surface area contributed by atoms with Crippen LogP contribution >= 0.6 is 0 Å². The highest BCUT2D eigenvalue weighted by Crippen LogP contribution is 2.34. The average Bonchev–Trinajstić information content (AvgIpc) is 2.47. The van der Waals surface area contributed by atoms with E-state index in [0.29, 0.717) is 18.6 Å². The van der Waals surface area contributed by atoms with E-state index in [1.54, 1.807) is 6.07 Å². The Hall–Kier alpha value is -2.08. The Balaban J connectivity index is 2.10. The minimum absolute atomic E-state index is 0.216. The van der Waals surface area contributed by atoms with Gasteiger partial charge in [-0.15, -0.1) is 0 Å². The lowest BCUT2D eigenvalue weighted by molar-refractivity contribution is 0.122. The molecular formula is C14H18N4O2. The Bertz CT molecular complexity index is 624. The molecule has 3 rings (SSSR count). The molecule has 0 spiro atoms. The normalized spacial score (nSPS) is 15.6. The lowest BCUT2D eigenvalue weighted by atomic mass is 10.1. The van der Waals surface area contributed by atoms with Gasteiger partial charge in [0.05, 0.1) is 24.1 Å². The summed E-state index contributed by atoms with van der Waals surface area (Å²) in [5.41, 5.74) is 1.73. The first-order chi connectivity index (χ1) is 9.66. The summed E-state index contributed by atoms with van der Waals surface area (Å²) in [7, 11) is 3.80. The maximum absolute atomic E-state index is 10.3. The van der Waals surface area contributed by atoms with Gasteiger partial charge >= 0.3 is 0 Å². The highest BCUT2D eigenvalue weighted by atomic mass is 16.5. The smallest absolute Gasteiger partial charge is 0.143 e. The fourth-order valence-electron chi connectivity index (χ4n) is 2.48. The summed E-state index contributed by atoms with van der Waals surface area (Å²) >= 11 is 0. The Morgan fingerprint density at radius 2 is 1.95 bits per heavy atom. The van der Waals surface area contributed by atoms with Gasteiger partial charge < -0.3 is 19.6 Å². The molecular weight excluding hydrogens is 256 g/mol. The molecule has 0 atom stereocenters. The first kappa shape index (κ1) is 12.9. The maximum Gasteiger partial charge on any atom is 0.143 e. The van der Waals surface area contributed by atoms with Crippen LogP contribution in [0.1, 0.15) is 0 Å². The fraction of sp³-hybridized carbons (Fsp3) is 0.429. The number of rotatable bonds is 2. The second kappa shape index (κ2) is 5.13. The Kier molecular flexibility index (Phi) is 3.31. The Morgan fingerprint density at radius 3 is 2.65 bits per heavy atom. The number of hydrogen-bond acceptors (Lipinski definition) is 6. The molecule has 1 aliphatic rings. The zero-order valence-electron chi connectivity index (χ0n) is 11.7. The number of morpholine rings is 1. The molecule has 2 heterocycles. The van der Waals surface area contributed by atoms with Gasteiger partial charge in [-0.05, 0) is 6.07 Å². The van der Waals surface area contributed by atoms with E-state index in [1.165, 1.54) is 6.33 Å². The van der Waals surface area contributed by atoms with Crippen LogP contribution in [0.3, 0.4) is 0 Å². The van der Waals surface area contributed by atoms with Gasteiger partial charge in [-0.2, -0.15) is 0 Å². The summed E-state index contributed by atoms with van der Waals surface area (Å²) in [6.45, 7) is 3.09. The number of benzene rings is 1. The summed E-state index contributed by atoms with van der Waals surface area (Å²) in [6.07, 6.45) is 1.53. The van der Waals surface area contributed by atoms with Crippen LogP contribution in [0.25, 0.3) is 10.9 Å². The molecule has 1 aromatic carbocycles. The zero-order chi connectivity index (χ0) is 14.1. The van der Waals surface area contributed by atoms with Gasteiger partial charge in [0.2, 0.25) is 0 Å². The van der Waals surface area contributed by atoms with Crippen LogP contribution in [0.2, 0.25) is 0 Å². The SMILES string of the molecule is CN(C)c1ncnc2cc(N3CCOCC3)cc(O)c12. The molecule has 0 aliphatic carbocycles. The number of phenols is 1. The number of nitrogens with zero attached hydrogens (tertiary/aromatic N) is 4. The van der Waals surface area contributed by atoms with E-state index in [9.17, 15) is 5.11 Å². The largest absolute Gasteiger partial charge is 0.507 e. The number of anilines is 2. The lowest BCUT2D eigenvalue weighted by Gasteiger charge is -2.29. The van der Waals surface area contributed by atoms with Crippen LogP contribution in [0.5, 0.6) is 5.75 Å². The molecule has 6 heteroatoms. The topological polar surface area (TPSA) is 61.7 Å². The number of fused-ring (bicyclic) bond motifs is 1. The fourth-order valence-corrected chi connectivity index (χ4v) is 2.48. The molecule has 6 nitrogen and oxygen atoms in total. The van der Waals surface area contributed by atoms with Crippen molar-refractivity contribution in [1.29, 1.82) is 0 Å². The average molecular weight is 274 g/mol. The van der Waals surface area contributed by atoms with Crippen molar-refractivity contribution in [2.45, 2.75) is 0 Å². The molecule has 2 aromatic rings. The molecule has 106 valence electrons. The standard InChI is InChI=1S/C14H18N4O2/c1-17(2)14-13-11(15-9-16-14)7-10(8-12(13)19)18-3-5-20-6-4-18/h7-9,19H,3-6H2,1-2H3. The molecule has 0 bridgehead atoms. The molecule has 0 saturated carbocycles. The molecule has 1 aliphatic heterocycles. The summed E-state index contributed by atoms with van der Waals surface area (Å²) in [6, 6.07) is 3.78. The van der Waals surface area contributed by atoms with E-state index >= 15 is 0 Å². The van der Waals surface area contributed by atoms with Crippen LogP contribution in [-0.4, -0.2) is 55.5 Å². The summed E-state index contributed by atoms with van der Waals surface area (Å²) in [5, 5.41) is 11.0. The zero-order valence-corrected chi connectivity index (χ0v) is 11.7. The molecule has 1 fully saturated rings. The minimum Gasteiger partial charge on any atom is -0.507 e. The molecule has 1 N–H and O–H groups in total. The van der Waals surface area contributed by atoms with Gasteiger partial charge in [0.25, 0.3) is 0 Å². The van der Waals surface area contributed by atoms with Crippen molar-refractivity contribution in [3.63, 3.8) is 0 Å². The van der Waals surface area contributed by atoms with E-state index in [4.69, 9.17) is 4.74 Å². The summed E-state index contributed by atoms with van der Waals surface area (Å²) in [4.78, 5) is 12.6. The first-order valence-electron chi connectivity index (χ1n) is 6.64. The Labute approximate surface area is 117 Å². The van der Waals surface area contributed by atoms with E-state index in [2.05, 4.69) is 14.9 Å². The van der Waals surface area contributed by atoms with Crippen LogP contribution in [0.15, 0.2) is 18.5 Å². The second-order valence-electron chi connectivity index (χ2n) is 5.05. The summed E-state index contributed by atoms with van der Waals surface area (Å²) < 4.78 is 5.35. The van der Waals surface area contributed by atoms with Gasteiger partial charge in [-0.3, -0.25) is 0 Å². The second-order valence-corrected chi connectivity index (χ2v) is 5.05. The van der Waals surface area contributed by atoms with Crippen molar-refractivity contribution in [1.82, 2.24) is 9.97 Å². The number of aromatic nitrogens is 2. The molecule has 0 unspecified atom stereocenters. The Morgan fingerprint density at radius 1 is 1.20 bits per heavy atom. The van der Waals surface area contributed by atoms with E-state index in [-0.39, 0.29) is 5.75 Å². The minimum atomic E-state index is 0.216. The highest BCUT2D eigenvalue weighted by molar-refractivity contribution is 5.96. The van der Waals surface area contributed by atoms with Crippen molar-refractivity contribution in [3.05, 3.63) is 18.5 Å². The van der Waals surface area contributed by atoms with Crippen LogP contribution < -0.4 is 9.80 Å². The molecule has 0 amide bonds. The molecule has 1 aromatic heterocycles. The van der Waals surface area contributed by atoms with Crippen LogP contribution in [0, 0.1) is 0 Å². The van der Waals surface area contributed by atoms with Crippen molar-refractivity contribution in [2.75, 3.05) is 50.2 Å². The molecule has 0 radical (unpaired) electrons. The lowest BCUT2D eigenvalue weighted by Crippen LogP contribution is -2.36. The predicted octanol–water partition coefficient (Wildman–Crippen LogP) is 1.24. The number of phenolic OH excluding ortho intramolecular Hbond substituents is 1. The van der Waals surface area contributed by atoms with E-state index < -0.39 is 0 Å². The van der Waals surface area contributed by atoms with Gasteiger partial charge in [-0.25, -0.2) is 9.97 Å². The van der Waals surface area contributed by atoms with Crippen molar-refractivity contribution < 1.29 is 9.84 Å². The number of ether oxygens (including phenoxy) is 1. The first-order valence-corrected chi connectivity index (χ1v) is 6.64. The highest BCUT2D eigenvalue weighted by Gasteiger charge is 2.16. The van der Waals surface area contributed by atoms with Gasteiger partial charge in [-0.1, -0.05) is 0 Å². The van der Waals surface area contributed by atoms with Gasteiger partial charge in [0.15, 0.2) is 0 Å². The third-order valence-corrected chi connectivity index (χ3v) is 3.48. The monoisotopic (exact) mass is 274 g/mol.